The van der Waals surface area contributed by atoms with Crippen LogP contribution in [-0.4, -0.2) is 25.1 Å². The van der Waals surface area contributed by atoms with Crippen LogP contribution in [0.1, 0.15) is 5.56 Å². The third-order valence-corrected chi connectivity index (χ3v) is 2.89. The number of amides is 1. The molecule has 1 heterocycles. The molecule has 3 N–H and O–H groups in total. The van der Waals surface area contributed by atoms with Crippen LogP contribution in [0.5, 0.6) is 11.5 Å². The Balaban J connectivity index is 2.04. The summed E-state index contributed by atoms with van der Waals surface area (Å²) in [7, 11) is 3.13. The predicted octanol–water partition coefficient (Wildman–Crippen LogP) is 2.33. The van der Waals surface area contributed by atoms with Crippen molar-refractivity contribution < 1.29 is 14.3 Å². The molecule has 0 saturated heterocycles. The first-order valence-corrected chi connectivity index (χ1v) is 6.55. The molecule has 0 atom stereocenters. The van der Waals surface area contributed by atoms with E-state index in [2.05, 4.69) is 10.3 Å². The number of nitrogens with one attached hydrogen (secondary N) is 1. The Bertz CT molecular complexity index is 682. The number of carbonyl (C=O) groups is 1. The highest BCUT2D eigenvalue weighted by Gasteiger charge is 2.03. The fourth-order valence-electron chi connectivity index (χ4n) is 1.79. The second-order valence-corrected chi connectivity index (χ2v) is 4.41. The minimum absolute atomic E-state index is 0.263. The van der Waals surface area contributed by atoms with E-state index in [9.17, 15) is 4.79 Å². The van der Waals surface area contributed by atoms with Gasteiger partial charge in [-0.25, -0.2) is 4.98 Å². The maximum atomic E-state index is 11.8. The summed E-state index contributed by atoms with van der Waals surface area (Å²) in [4.78, 5) is 15.7. The summed E-state index contributed by atoms with van der Waals surface area (Å²) in [6, 6.07) is 8.70. The normalized spacial score (nSPS) is 10.5. The van der Waals surface area contributed by atoms with Gasteiger partial charge in [-0.05, 0) is 35.9 Å². The van der Waals surface area contributed by atoms with Crippen molar-refractivity contribution in [3.63, 3.8) is 0 Å². The summed E-state index contributed by atoms with van der Waals surface area (Å²) >= 11 is 0. The summed E-state index contributed by atoms with van der Waals surface area (Å²) in [5, 5.41) is 2.69. The summed E-state index contributed by atoms with van der Waals surface area (Å²) in [5.74, 6) is 1.38. The number of nitrogen functional groups attached to an aromatic ring is 1. The Hall–Kier alpha value is -3.02. The number of rotatable bonds is 5. The topological polar surface area (TPSA) is 86.5 Å². The molecule has 22 heavy (non-hydrogen) atoms. The van der Waals surface area contributed by atoms with Crippen LogP contribution in [0.15, 0.2) is 42.6 Å². The van der Waals surface area contributed by atoms with E-state index in [1.54, 1.807) is 44.6 Å². The largest absolute Gasteiger partial charge is 0.493 e. The third-order valence-electron chi connectivity index (χ3n) is 2.89. The molecule has 0 fully saturated rings. The summed E-state index contributed by atoms with van der Waals surface area (Å²) in [5.41, 5.74) is 6.89. The van der Waals surface area contributed by atoms with Gasteiger partial charge in [0.05, 0.1) is 26.1 Å². The lowest BCUT2D eigenvalue weighted by Crippen LogP contribution is -2.08. The lowest BCUT2D eigenvalue weighted by molar-refractivity contribution is -0.111. The van der Waals surface area contributed by atoms with Crippen LogP contribution >= 0.6 is 0 Å². The van der Waals surface area contributed by atoms with Crippen molar-refractivity contribution in [2.75, 3.05) is 25.3 Å². The van der Waals surface area contributed by atoms with Gasteiger partial charge in [0.25, 0.3) is 0 Å². The van der Waals surface area contributed by atoms with Gasteiger partial charge in [-0.2, -0.15) is 0 Å². The van der Waals surface area contributed by atoms with Crippen molar-refractivity contribution in [2.24, 2.45) is 0 Å². The predicted molar refractivity (Wildman–Crippen MR) is 85.9 cm³/mol. The number of nitrogens with two attached hydrogens (primary N) is 1. The zero-order valence-electron chi connectivity index (χ0n) is 12.4. The maximum absolute atomic E-state index is 11.8. The van der Waals surface area contributed by atoms with E-state index in [0.29, 0.717) is 23.0 Å². The van der Waals surface area contributed by atoms with E-state index in [-0.39, 0.29) is 5.91 Å². The standard InChI is InChI=1S/C16H17N3O3/c1-21-13-6-3-11(9-14(13)22-2)4-8-16(20)19-12-5-7-15(17)18-10-12/h3-10H,1-2H3,(H2,17,18)(H,19,20)/b8-4+. The maximum Gasteiger partial charge on any atom is 0.248 e. The quantitative estimate of drug-likeness (QED) is 0.827. The van der Waals surface area contributed by atoms with Crippen molar-refractivity contribution in [2.45, 2.75) is 0 Å². The first-order valence-electron chi connectivity index (χ1n) is 6.55. The summed E-state index contributed by atoms with van der Waals surface area (Å²) < 4.78 is 10.4. The molecule has 0 unspecified atom stereocenters. The molecular weight excluding hydrogens is 282 g/mol. The third kappa shape index (κ3) is 3.99. The minimum atomic E-state index is -0.263. The van der Waals surface area contributed by atoms with E-state index in [1.165, 1.54) is 12.3 Å². The number of hydrogen-bond donors (Lipinski definition) is 2. The van der Waals surface area contributed by atoms with Crippen molar-refractivity contribution in [3.05, 3.63) is 48.2 Å². The molecule has 0 aliphatic carbocycles. The molecule has 6 nitrogen and oxygen atoms in total. The van der Waals surface area contributed by atoms with Crippen molar-refractivity contribution in [1.29, 1.82) is 0 Å². The van der Waals surface area contributed by atoms with Gasteiger partial charge in [-0.3, -0.25) is 4.79 Å². The molecule has 0 spiro atoms. The van der Waals surface area contributed by atoms with Crippen LogP contribution < -0.4 is 20.5 Å². The Kier molecular flexibility index (Phi) is 4.98. The fraction of sp³-hybridized carbons (Fsp3) is 0.125. The minimum Gasteiger partial charge on any atom is -0.493 e. The average Bonchev–Trinajstić information content (AvgIpc) is 2.54. The van der Waals surface area contributed by atoms with Gasteiger partial charge in [0.15, 0.2) is 11.5 Å². The molecule has 114 valence electrons. The second kappa shape index (κ2) is 7.12. The number of ether oxygens (including phenoxy) is 2. The molecule has 1 amide bonds. The fourth-order valence-corrected chi connectivity index (χ4v) is 1.79. The number of hydrogen-bond acceptors (Lipinski definition) is 5. The number of benzene rings is 1. The Labute approximate surface area is 128 Å². The summed E-state index contributed by atoms with van der Waals surface area (Å²) in [6.45, 7) is 0. The molecule has 0 radical (unpaired) electrons. The molecule has 1 aromatic heterocycles. The van der Waals surface area contributed by atoms with Crippen LogP contribution in [0, 0.1) is 0 Å². The lowest BCUT2D eigenvalue weighted by atomic mass is 10.2. The number of anilines is 2. The first-order chi connectivity index (χ1) is 10.6. The first kappa shape index (κ1) is 15.4. The van der Waals surface area contributed by atoms with Crippen LogP contribution in [0.2, 0.25) is 0 Å². The average molecular weight is 299 g/mol. The summed E-state index contributed by atoms with van der Waals surface area (Å²) in [6.07, 6.45) is 4.61. The van der Waals surface area contributed by atoms with Crippen LogP contribution in [0.4, 0.5) is 11.5 Å². The van der Waals surface area contributed by atoms with E-state index < -0.39 is 0 Å². The smallest absolute Gasteiger partial charge is 0.248 e. The van der Waals surface area contributed by atoms with Crippen molar-refractivity contribution in [1.82, 2.24) is 4.98 Å². The zero-order chi connectivity index (χ0) is 15.9. The zero-order valence-corrected chi connectivity index (χ0v) is 12.4. The molecule has 6 heteroatoms. The molecule has 0 bridgehead atoms. The van der Waals surface area contributed by atoms with E-state index >= 15 is 0 Å². The van der Waals surface area contributed by atoms with E-state index in [0.717, 1.165) is 5.56 Å². The van der Waals surface area contributed by atoms with Gasteiger partial charge in [0.2, 0.25) is 5.91 Å². The van der Waals surface area contributed by atoms with Gasteiger partial charge >= 0.3 is 0 Å². The second-order valence-electron chi connectivity index (χ2n) is 4.41. The molecule has 0 aliphatic heterocycles. The van der Waals surface area contributed by atoms with Crippen LogP contribution in [0.3, 0.4) is 0 Å². The molecule has 2 rings (SSSR count). The van der Waals surface area contributed by atoms with Crippen molar-refractivity contribution in [3.8, 4) is 11.5 Å². The molecule has 2 aromatic rings. The van der Waals surface area contributed by atoms with E-state index in [1.807, 2.05) is 6.07 Å². The molecule has 0 aliphatic rings. The monoisotopic (exact) mass is 299 g/mol. The Morgan fingerprint density at radius 1 is 1.18 bits per heavy atom. The van der Waals surface area contributed by atoms with E-state index in [4.69, 9.17) is 15.2 Å². The highest BCUT2D eigenvalue weighted by atomic mass is 16.5. The van der Waals surface area contributed by atoms with Gasteiger partial charge in [0, 0.05) is 6.08 Å². The number of nitrogens with zero attached hydrogens (tertiary/aromatic N) is 1. The van der Waals surface area contributed by atoms with Crippen molar-refractivity contribution >= 4 is 23.5 Å². The van der Waals surface area contributed by atoms with Gasteiger partial charge in [-0.15, -0.1) is 0 Å². The molecule has 0 saturated carbocycles. The highest BCUT2D eigenvalue weighted by Crippen LogP contribution is 2.27. The molecule has 1 aromatic carbocycles. The number of pyridine rings is 1. The highest BCUT2D eigenvalue weighted by molar-refractivity contribution is 6.01. The van der Waals surface area contributed by atoms with Gasteiger partial charge < -0.3 is 20.5 Å². The lowest BCUT2D eigenvalue weighted by Gasteiger charge is -2.07. The Morgan fingerprint density at radius 2 is 1.95 bits per heavy atom. The number of methoxy groups -OCH3 is 2. The van der Waals surface area contributed by atoms with Gasteiger partial charge in [0.1, 0.15) is 5.82 Å². The SMILES string of the molecule is COc1ccc(/C=C/C(=O)Nc2ccc(N)nc2)cc1OC. The molecular formula is C16H17N3O3. The number of carbonyl (C=O) groups excluding carboxylic acids is 1. The van der Waals surface area contributed by atoms with Crippen LogP contribution in [-0.2, 0) is 4.79 Å². The number of aromatic nitrogens is 1. The Morgan fingerprint density at radius 3 is 2.59 bits per heavy atom. The van der Waals surface area contributed by atoms with Crippen LogP contribution in [0.25, 0.3) is 6.08 Å². The van der Waals surface area contributed by atoms with Gasteiger partial charge in [-0.1, -0.05) is 6.07 Å².